The van der Waals surface area contributed by atoms with Crippen LogP contribution in [0.2, 0.25) is 0 Å². The van der Waals surface area contributed by atoms with E-state index in [1.54, 1.807) is 6.08 Å². The molecule has 2 aromatic rings. The molecule has 1 heterocycles. The average Bonchev–Trinajstić information content (AvgIpc) is 2.99. The van der Waals surface area contributed by atoms with Gasteiger partial charge in [0.25, 0.3) is 11.8 Å². The summed E-state index contributed by atoms with van der Waals surface area (Å²) in [5.41, 5.74) is 7.33. The zero-order valence-electron chi connectivity index (χ0n) is 16.4. The fraction of sp³-hybridized carbons (Fsp3) is 0.273. The highest BCUT2D eigenvalue weighted by atomic mass is 35.5. The Bertz CT molecular complexity index is 936. The highest BCUT2D eigenvalue weighted by Crippen LogP contribution is 2.24. The van der Waals surface area contributed by atoms with Crippen molar-refractivity contribution in [1.82, 2.24) is 5.43 Å². The predicted octanol–water partition coefficient (Wildman–Crippen LogP) is 4.05. The lowest BCUT2D eigenvalue weighted by atomic mass is 10.1. The molecule has 2 aromatic carbocycles. The van der Waals surface area contributed by atoms with Crippen LogP contribution in [0.1, 0.15) is 16.7 Å². The van der Waals surface area contributed by atoms with Crippen molar-refractivity contribution in [1.29, 1.82) is 0 Å². The molecule has 0 unspecified atom stereocenters. The average molecular weight is 432 g/mol. The molecule has 0 spiro atoms. The number of carbonyl (C=O) groups excluding carboxylic acids is 2. The molecule has 1 saturated heterocycles. The first kappa shape index (κ1) is 21.2. The molecule has 3 rings (SSSR count). The Labute approximate surface area is 180 Å². The Morgan fingerprint density at radius 3 is 2.21 bits per heavy atom. The Balaban J connectivity index is 1.81. The summed E-state index contributed by atoms with van der Waals surface area (Å²) in [6, 6.07) is 13.2. The normalized spacial score (nSPS) is 15.2. The Morgan fingerprint density at radius 2 is 1.62 bits per heavy atom. The molecule has 1 fully saturated rings. The Hall–Kier alpha value is -2.50. The first-order chi connectivity index (χ1) is 13.9. The molecular formula is C22H23Cl2N3O2. The number of hydrogen-bond donors (Lipinski definition) is 1. The predicted molar refractivity (Wildman–Crippen MR) is 120 cm³/mol. The minimum Gasteiger partial charge on any atom is -0.369 e. The summed E-state index contributed by atoms with van der Waals surface area (Å²) in [7, 11) is 0. The third-order valence-electron chi connectivity index (χ3n) is 4.92. The molecule has 0 radical (unpaired) electrons. The number of nitrogens with one attached hydrogen (secondary N) is 1. The van der Waals surface area contributed by atoms with Crippen LogP contribution >= 0.6 is 23.2 Å². The molecule has 1 aliphatic heterocycles. The molecule has 2 amide bonds. The number of halogens is 2. The summed E-state index contributed by atoms with van der Waals surface area (Å²) in [5, 5.41) is 1.29. The number of anilines is 2. The van der Waals surface area contributed by atoms with E-state index in [4.69, 9.17) is 23.2 Å². The number of amides is 2. The quantitative estimate of drug-likeness (QED) is 0.408. The molecule has 1 N–H and O–H groups in total. The SMILES string of the molecule is Cc1ccc(N2NC(=O)C(=Cc3ccc(N(CCCl)CCCl)cc3)C2=O)cc1C. The fourth-order valence-corrected chi connectivity index (χ4v) is 3.53. The molecule has 7 heteroatoms. The number of hydrogen-bond acceptors (Lipinski definition) is 3. The van der Waals surface area contributed by atoms with Crippen molar-refractivity contribution in [2.75, 3.05) is 34.8 Å². The fourth-order valence-electron chi connectivity index (χ4n) is 3.13. The van der Waals surface area contributed by atoms with Crippen molar-refractivity contribution in [2.45, 2.75) is 13.8 Å². The van der Waals surface area contributed by atoms with Gasteiger partial charge in [0.1, 0.15) is 5.57 Å². The second-order valence-electron chi connectivity index (χ2n) is 6.86. The van der Waals surface area contributed by atoms with Gasteiger partial charge in [0.05, 0.1) is 5.69 Å². The van der Waals surface area contributed by atoms with Crippen molar-refractivity contribution < 1.29 is 9.59 Å². The third kappa shape index (κ3) is 4.74. The number of alkyl halides is 2. The zero-order chi connectivity index (χ0) is 21.0. The minimum absolute atomic E-state index is 0.106. The number of aryl methyl sites for hydroxylation is 2. The lowest BCUT2D eigenvalue weighted by Crippen LogP contribution is -2.35. The largest absolute Gasteiger partial charge is 0.369 e. The Morgan fingerprint density at radius 1 is 0.966 bits per heavy atom. The maximum Gasteiger partial charge on any atom is 0.282 e. The zero-order valence-corrected chi connectivity index (χ0v) is 17.9. The number of nitrogens with zero attached hydrogens (tertiary/aromatic N) is 2. The summed E-state index contributed by atoms with van der Waals surface area (Å²) < 4.78 is 0. The molecule has 0 aliphatic carbocycles. The van der Waals surface area contributed by atoms with Gasteiger partial charge >= 0.3 is 0 Å². The van der Waals surface area contributed by atoms with Gasteiger partial charge in [-0.25, -0.2) is 5.01 Å². The van der Waals surface area contributed by atoms with Crippen molar-refractivity contribution in [2.24, 2.45) is 0 Å². The van der Waals surface area contributed by atoms with E-state index < -0.39 is 5.91 Å². The summed E-state index contributed by atoms with van der Waals surface area (Å²) in [6.45, 7) is 5.36. The van der Waals surface area contributed by atoms with Crippen molar-refractivity contribution >= 4 is 52.5 Å². The molecule has 29 heavy (non-hydrogen) atoms. The van der Waals surface area contributed by atoms with Crippen molar-refractivity contribution in [3.8, 4) is 0 Å². The topological polar surface area (TPSA) is 52.7 Å². The molecule has 0 saturated carbocycles. The maximum atomic E-state index is 12.8. The van der Waals surface area contributed by atoms with Crippen LogP contribution in [0.3, 0.4) is 0 Å². The van der Waals surface area contributed by atoms with E-state index in [2.05, 4.69) is 10.3 Å². The van der Waals surface area contributed by atoms with E-state index in [1.165, 1.54) is 5.01 Å². The monoisotopic (exact) mass is 431 g/mol. The lowest BCUT2D eigenvalue weighted by molar-refractivity contribution is -0.117. The molecular weight excluding hydrogens is 409 g/mol. The smallest absolute Gasteiger partial charge is 0.282 e. The molecule has 0 aromatic heterocycles. The van der Waals surface area contributed by atoms with Gasteiger partial charge in [-0.15, -0.1) is 23.2 Å². The van der Waals surface area contributed by atoms with Crippen LogP contribution < -0.4 is 15.3 Å². The van der Waals surface area contributed by atoms with Crippen LogP contribution in [0.5, 0.6) is 0 Å². The maximum absolute atomic E-state index is 12.8. The van der Waals surface area contributed by atoms with Crippen LogP contribution in [-0.4, -0.2) is 36.7 Å². The molecule has 5 nitrogen and oxygen atoms in total. The van der Waals surface area contributed by atoms with Crippen LogP contribution in [0.4, 0.5) is 11.4 Å². The molecule has 0 atom stereocenters. The molecule has 152 valence electrons. The van der Waals surface area contributed by atoms with Crippen LogP contribution in [0, 0.1) is 13.8 Å². The number of hydrazine groups is 1. The third-order valence-corrected chi connectivity index (χ3v) is 5.26. The summed E-state index contributed by atoms with van der Waals surface area (Å²) >= 11 is 11.7. The summed E-state index contributed by atoms with van der Waals surface area (Å²) in [6.07, 6.45) is 1.61. The van der Waals surface area contributed by atoms with E-state index in [0.29, 0.717) is 30.5 Å². The Kier molecular flexibility index (Phi) is 6.83. The van der Waals surface area contributed by atoms with Gasteiger partial charge in [-0.3, -0.25) is 15.0 Å². The van der Waals surface area contributed by atoms with Gasteiger partial charge in [0.15, 0.2) is 0 Å². The first-order valence-electron chi connectivity index (χ1n) is 9.36. The summed E-state index contributed by atoms with van der Waals surface area (Å²) in [5.74, 6) is 0.230. The second-order valence-corrected chi connectivity index (χ2v) is 7.62. The summed E-state index contributed by atoms with van der Waals surface area (Å²) in [4.78, 5) is 27.3. The lowest BCUT2D eigenvalue weighted by Gasteiger charge is -2.22. The van der Waals surface area contributed by atoms with Gasteiger partial charge in [-0.05, 0) is 60.9 Å². The van der Waals surface area contributed by atoms with E-state index in [0.717, 1.165) is 22.4 Å². The van der Waals surface area contributed by atoms with Crippen LogP contribution in [-0.2, 0) is 9.59 Å². The van der Waals surface area contributed by atoms with Crippen LogP contribution in [0.25, 0.3) is 6.08 Å². The van der Waals surface area contributed by atoms with Gasteiger partial charge in [-0.1, -0.05) is 18.2 Å². The van der Waals surface area contributed by atoms with E-state index in [1.807, 2.05) is 56.3 Å². The first-order valence-corrected chi connectivity index (χ1v) is 10.4. The van der Waals surface area contributed by atoms with Gasteiger partial charge in [0.2, 0.25) is 0 Å². The van der Waals surface area contributed by atoms with E-state index >= 15 is 0 Å². The highest BCUT2D eigenvalue weighted by Gasteiger charge is 2.34. The van der Waals surface area contributed by atoms with Crippen molar-refractivity contribution in [3.63, 3.8) is 0 Å². The van der Waals surface area contributed by atoms with Crippen LogP contribution in [0.15, 0.2) is 48.0 Å². The van der Waals surface area contributed by atoms with Crippen molar-refractivity contribution in [3.05, 3.63) is 64.7 Å². The minimum atomic E-state index is -0.414. The number of benzene rings is 2. The number of rotatable bonds is 7. The highest BCUT2D eigenvalue weighted by molar-refractivity contribution is 6.31. The number of carbonyl (C=O) groups is 2. The molecule has 0 bridgehead atoms. The second kappa shape index (κ2) is 9.33. The van der Waals surface area contributed by atoms with Gasteiger partial charge in [0, 0.05) is 30.5 Å². The van der Waals surface area contributed by atoms with Gasteiger partial charge in [-0.2, -0.15) is 0 Å². The molecule has 1 aliphatic rings. The van der Waals surface area contributed by atoms with E-state index in [-0.39, 0.29) is 11.5 Å². The standard InChI is InChI=1S/C22H23Cl2N3O2/c1-15-3-6-19(13-16(15)2)27-22(29)20(21(28)25-27)14-17-4-7-18(8-5-17)26(11-9-23)12-10-24/h3-8,13-14H,9-12H2,1-2H3,(H,25,28). The van der Waals surface area contributed by atoms with E-state index in [9.17, 15) is 9.59 Å². The van der Waals surface area contributed by atoms with Gasteiger partial charge < -0.3 is 4.90 Å².